The fraction of sp³-hybridized carbons (Fsp3) is 1.00. The highest BCUT2D eigenvalue weighted by Crippen LogP contribution is 2.21. The van der Waals surface area contributed by atoms with Crippen molar-refractivity contribution in [2.45, 2.75) is 32.0 Å². The number of ether oxygens (including phenoxy) is 1. The second-order valence-corrected chi connectivity index (χ2v) is 3.74. The van der Waals surface area contributed by atoms with Crippen LogP contribution in [0.1, 0.15) is 19.8 Å². The lowest BCUT2D eigenvalue weighted by Gasteiger charge is -2.29. The molecular weight excluding hydrogens is 195 g/mol. The van der Waals surface area contributed by atoms with Crippen LogP contribution in [0.5, 0.6) is 0 Å². The van der Waals surface area contributed by atoms with Crippen molar-refractivity contribution >= 4 is 0 Å². The largest absolute Gasteiger partial charge is 0.391 e. The summed E-state index contributed by atoms with van der Waals surface area (Å²) in [5, 5.41) is 3.17. The molecule has 2 nitrogen and oxygen atoms in total. The van der Waals surface area contributed by atoms with Crippen molar-refractivity contribution < 1.29 is 17.9 Å². The van der Waals surface area contributed by atoms with Gasteiger partial charge in [-0.05, 0) is 18.9 Å². The minimum atomic E-state index is -4.10. The van der Waals surface area contributed by atoms with Crippen LogP contribution in [-0.4, -0.2) is 32.0 Å². The van der Waals surface area contributed by atoms with Crippen LogP contribution >= 0.6 is 0 Å². The van der Waals surface area contributed by atoms with Gasteiger partial charge in [-0.15, -0.1) is 0 Å². The van der Waals surface area contributed by atoms with E-state index in [-0.39, 0.29) is 12.7 Å². The summed E-state index contributed by atoms with van der Waals surface area (Å²) >= 11 is 0. The maximum Gasteiger partial charge on any atom is 0.391 e. The Balaban J connectivity index is 2.17. The molecule has 0 aliphatic carbocycles. The third kappa shape index (κ3) is 4.28. The second-order valence-electron chi connectivity index (χ2n) is 3.74. The van der Waals surface area contributed by atoms with Gasteiger partial charge < -0.3 is 10.1 Å². The van der Waals surface area contributed by atoms with Gasteiger partial charge in [-0.2, -0.15) is 13.2 Å². The summed E-state index contributed by atoms with van der Waals surface area (Å²) in [4.78, 5) is 0. The molecule has 0 amide bonds. The molecule has 84 valence electrons. The maximum atomic E-state index is 11.8. The fourth-order valence-corrected chi connectivity index (χ4v) is 1.56. The monoisotopic (exact) mass is 211 g/mol. The SMILES string of the molecule is CC1CNCCC1OCCC(F)(F)F. The highest BCUT2D eigenvalue weighted by atomic mass is 19.4. The lowest BCUT2D eigenvalue weighted by molar-refractivity contribution is -0.151. The molecule has 0 saturated carbocycles. The number of piperidine rings is 1. The van der Waals surface area contributed by atoms with Gasteiger partial charge in [0.2, 0.25) is 0 Å². The first-order chi connectivity index (χ1) is 6.49. The van der Waals surface area contributed by atoms with E-state index in [1.165, 1.54) is 0 Å². The van der Waals surface area contributed by atoms with E-state index >= 15 is 0 Å². The number of hydrogen-bond acceptors (Lipinski definition) is 2. The fourth-order valence-electron chi connectivity index (χ4n) is 1.56. The Morgan fingerprint density at radius 3 is 2.71 bits per heavy atom. The van der Waals surface area contributed by atoms with Crippen molar-refractivity contribution in [1.82, 2.24) is 5.32 Å². The molecule has 1 aliphatic heterocycles. The van der Waals surface area contributed by atoms with Gasteiger partial charge in [0.15, 0.2) is 0 Å². The van der Waals surface area contributed by atoms with E-state index < -0.39 is 12.6 Å². The smallest absolute Gasteiger partial charge is 0.377 e. The molecular formula is C9H16F3NO. The van der Waals surface area contributed by atoms with Crippen molar-refractivity contribution in [3.63, 3.8) is 0 Å². The van der Waals surface area contributed by atoms with Gasteiger partial charge >= 0.3 is 6.18 Å². The van der Waals surface area contributed by atoms with Gasteiger partial charge in [0.25, 0.3) is 0 Å². The molecule has 1 N–H and O–H groups in total. The Morgan fingerprint density at radius 1 is 1.43 bits per heavy atom. The molecule has 5 heteroatoms. The average Bonchev–Trinajstić information content (AvgIpc) is 2.06. The predicted octanol–water partition coefficient (Wildman–Crippen LogP) is 1.95. The Kier molecular flexibility index (Phi) is 4.19. The lowest BCUT2D eigenvalue weighted by Crippen LogP contribution is -2.40. The Hall–Kier alpha value is -0.290. The van der Waals surface area contributed by atoms with Crippen molar-refractivity contribution in [3.05, 3.63) is 0 Å². The summed E-state index contributed by atoms with van der Waals surface area (Å²) in [6.45, 7) is 3.45. The number of halogens is 3. The van der Waals surface area contributed by atoms with Crippen LogP contribution in [0, 0.1) is 5.92 Å². The minimum absolute atomic E-state index is 0.0152. The molecule has 0 aromatic carbocycles. The summed E-state index contributed by atoms with van der Waals surface area (Å²) < 4.78 is 40.7. The maximum absolute atomic E-state index is 11.8. The molecule has 1 heterocycles. The van der Waals surface area contributed by atoms with Gasteiger partial charge in [0.1, 0.15) is 0 Å². The van der Waals surface area contributed by atoms with E-state index in [2.05, 4.69) is 5.32 Å². The van der Waals surface area contributed by atoms with E-state index in [0.29, 0.717) is 5.92 Å². The van der Waals surface area contributed by atoms with Crippen LogP contribution in [0.3, 0.4) is 0 Å². The molecule has 1 aliphatic rings. The molecule has 0 radical (unpaired) electrons. The third-order valence-electron chi connectivity index (χ3n) is 2.42. The van der Waals surface area contributed by atoms with Crippen molar-refractivity contribution in [1.29, 1.82) is 0 Å². The molecule has 0 aromatic rings. The van der Waals surface area contributed by atoms with E-state index in [0.717, 1.165) is 19.5 Å². The predicted molar refractivity (Wildman–Crippen MR) is 47.1 cm³/mol. The quantitative estimate of drug-likeness (QED) is 0.770. The lowest BCUT2D eigenvalue weighted by atomic mass is 9.98. The molecule has 1 fully saturated rings. The van der Waals surface area contributed by atoms with E-state index in [1.807, 2.05) is 6.92 Å². The first kappa shape index (κ1) is 11.8. The summed E-state index contributed by atoms with van der Waals surface area (Å²) in [7, 11) is 0. The van der Waals surface area contributed by atoms with E-state index in [4.69, 9.17) is 4.74 Å². The van der Waals surface area contributed by atoms with Crippen molar-refractivity contribution in [2.24, 2.45) is 5.92 Å². The van der Waals surface area contributed by atoms with E-state index in [1.54, 1.807) is 0 Å². The number of hydrogen-bond donors (Lipinski definition) is 1. The molecule has 1 rings (SSSR count). The topological polar surface area (TPSA) is 21.3 Å². The number of nitrogens with one attached hydrogen (secondary N) is 1. The first-order valence-electron chi connectivity index (χ1n) is 4.88. The zero-order chi connectivity index (χ0) is 10.6. The van der Waals surface area contributed by atoms with Gasteiger partial charge in [-0.25, -0.2) is 0 Å². The summed E-state index contributed by atoms with van der Waals surface area (Å²) in [6, 6.07) is 0. The zero-order valence-corrected chi connectivity index (χ0v) is 8.23. The van der Waals surface area contributed by atoms with Crippen LogP contribution in [0.25, 0.3) is 0 Å². The van der Waals surface area contributed by atoms with E-state index in [9.17, 15) is 13.2 Å². The van der Waals surface area contributed by atoms with Crippen LogP contribution < -0.4 is 5.32 Å². The molecule has 1 saturated heterocycles. The molecule has 0 bridgehead atoms. The Morgan fingerprint density at radius 2 is 2.14 bits per heavy atom. The summed E-state index contributed by atoms with van der Waals surface area (Å²) in [5.41, 5.74) is 0. The van der Waals surface area contributed by atoms with Crippen molar-refractivity contribution in [2.75, 3.05) is 19.7 Å². The highest BCUT2D eigenvalue weighted by Gasteiger charge is 2.28. The summed E-state index contributed by atoms with van der Waals surface area (Å²) in [6.07, 6.45) is -4.16. The Labute approximate surface area is 81.8 Å². The van der Waals surface area contributed by atoms with Crippen LogP contribution in [0.2, 0.25) is 0 Å². The zero-order valence-electron chi connectivity index (χ0n) is 8.23. The Bertz CT molecular complexity index is 172. The standard InChI is InChI=1S/C9H16F3NO/c1-7-6-13-4-2-8(7)14-5-3-9(10,11)12/h7-8,13H,2-6H2,1H3. The van der Waals surface area contributed by atoms with Crippen LogP contribution in [0.15, 0.2) is 0 Å². The molecule has 0 aromatic heterocycles. The molecule has 14 heavy (non-hydrogen) atoms. The normalized spacial score (nSPS) is 29.1. The molecule has 2 atom stereocenters. The van der Waals surface area contributed by atoms with Gasteiger partial charge in [-0.1, -0.05) is 6.92 Å². The molecule has 2 unspecified atom stereocenters. The summed E-state index contributed by atoms with van der Waals surface area (Å²) in [5.74, 6) is 0.303. The molecule has 0 spiro atoms. The second kappa shape index (κ2) is 4.98. The van der Waals surface area contributed by atoms with Gasteiger partial charge in [-0.3, -0.25) is 0 Å². The third-order valence-corrected chi connectivity index (χ3v) is 2.42. The first-order valence-corrected chi connectivity index (χ1v) is 4.88. The number of rotatable bonds is 3. The number of alkyl halides is 3. The minimum Gasteiger partial charge on any atom is -0.377 e. The van der Waals surface area contributed by atoms with Gasteiger partial charge in [0, 0.05) is 6.54 Å². The van der Waals surface area contributed by atoms with Crippen LogP contribution in [0.4, 0.5) is 13.2 Å². The van der Waals surface area contributed by atoms with Crippen molar-refractivity contribution in [3.8, 4) is 0 Å². The van der Waals surface area contributed by atoms with Gasteiger partial charge in [0.05, 0.1) is 19.1 Å². The average molecular weight is 211 g/mol. The highest BCUT2D eigenvalue weighted by molar-refractivity contribution is 4.75. The van der Waals surface area contributed by atoms with Crippen LogP contribution in [-0.2, 0) is 4.74 Å².